The van der Waals surface area contributed by atoms with E-state index in [1.54, 1.807) is 30.3 Å². The van der Waals surface area contributed by atoms with Gasteiger partial charge in [0.05, 0.1) is 9.92 Å². The van der Waals surface area contributed by atoms with E-state index >= 15 is 0 Å². The van der Waals surface area contributed by atoms with Crippen molar-refractivity contribution in [1.29, 1.82) is 0 Å². The minimum absolute atomic E-state index is 0.0481. The van der Waals surface area contributed by atoms with Crippen molar-refractivity contribution in [2.75, 3.05) is 13.2 Å². The highest BCUT2D eigenvalue weighted by molar-refractivity contribution is 7.86. The summed E-state index contributed by atoms with van der Waals surface area (Å²) in [7, 11) is -3.78. The van der Waals surface area contributed by atoms with Crippen molar-refractivity contribution >= 4 is 33.3 Å². The van der Waals surface area contributed by atoms with E-state index in [2.05, 4.69) is 0 Å². The van der Waals surface area contributed by atoms with Crippen LogP contribution >= 0.6 is 23.2 Å². The Morgan fingerprint density at radius 1 is 1.00 bits per heavy atom. The zero-order chi connectivity index (χ0) is 16.2. The van der Waals surface area contributed by atoms with Gasteiger partial charge < -0.3 is 4.74 Å². The van der Waals surface area contributed by atoms with Gasteiger partial charge in [0, 0.05) is 5.02 Å². The van der Waals surface area contributed by atoms with Gasteiger partial charge in [-0.15, -0.1) is 0 Å². The Labute approximate surface area is 139 Å². The van der Waals surface area contributed by atoms with E-state index in [1.165, 1.54) is 12.1 Å². The molecule has 0 heterocycles. The predicted octanol–water partition coefficient (Wildman–Crippen LogP) is 4.09. The molecule has 0 aliphatic rings. The maximum atomic E-state index is 11.9. The summed E-state index contributed by atoms with van der Waals surface area (Å²) in [5, 5.41) is 0.851. The van der Waals surface area contributed by atoms with Crippen molar-refractivity contribution in [1.82, 2.24) is 0 Å². The van der Waals surface area contributed by atoms with Gasteiger partial charge in [0.1, 0.15) is 19.0 Å². The van der Waals surface area contributed by atoms with E-state index in [0.29, 0.717) is 15.8 Å². The summed E-state index contributed by atoms with van der Waals surface area (Å²) in [5.74, 6) is 0.419. The first-order valence-electron chi connectivity index (χ1n) is 6.42. The summed E-state index contributed by atoms with van der Waals surface area (Å²) in [5.41, 5.74) is 0.972. The highest BCUT2D eigenvalue weighted by Gasteiger charge is 2.14. The molecule has 2 aromatic rings. The second kappa shape index (κ2) is 7.33. The molecule has 4 nitrogen and oxygen atoms in total. The molecule has 118 valence electrons. The molecule has 2 aromatic carbocycles. The molecule has 0 atom stereocenters. The summed E-state index contributed by atoms with van der Waals surface area (Å²) in [6.07, 6.45) is 0. The number of hydrogen-bond donors (Lipinski definition) is 0. The molecule has 0 aliphatic heterocycles. The van der Waals surface area contributed by atoms with Gasteiger partial charge in [0.15, 0.2) is 0 Å². The molecule has 0 spiro atoms. The molecule has 0 bridgehead atoms. The third kappa shape index (κ3) is 4.61. The van der Waals surface area contributed by atoms with Gasteiger partial charge in [-0.05, 0) is 37.3 Å². The second-order valence-corrected chi connectivity index (χ2v) is 6.97. The molecule has 0 unspecified atom stereocenters. The first-order chi connectivity index (χ1) is 10.4. The number of hydrogen-bond acceptors (Lipinski definition) is 4. The van der Waals surface area contributed by atoms with Crippen LogP contribution in [0.5, 0.6) is 5.75 Å². The maximum absolute atomic E-state index is 11.9. The Hall–Kier alpha value is -1.27. The van der Waals surface area contributed by atoms with E-state index in [4.69, 9.17) is 32.1 Å². The van der Waals surface area contributed by atoms with Crippen molar-refractivity contribution in [2.45, 2.75) is 11.8 Å². The van der Waals surface area contributed by atoms with E-state index in [9.17, 15) is 8.42 Å². The predicted molar refractivity (Wildman–Crippen MR) is 86.3 cm³/mol. The summed E-state index contributed by atoms with van der Waals surface area (Å²) in [4.78, 5) is 0.114. The molecule has 7 heteroatoms. The first-order valence-corrected chi connectivity index (χ1v) is 8.59. The molecule has 0 saturated heterocycles. The molecule has 0 aromatic heterocycles. The Morgan fingerprint density at radius 2 is 1.68 bits per heavy atom. The standard InChI is InChI=1S/C15H14Cl2O4S/c1-11-2-5-13(6-3-11)22(18,19)21-9-8-20-15-7-4-12(16)10-14(15)17/h2-7,10H,8-9H2,1H3. The highest BCUT2D eigenvalue weighted by atomic mass is 35.5. The van der Waals surface area contributed by atoms with Gasteiger partial charge in [0.25, 0.3) is 10.1 Å². The van der Waals surface area contributed by atoms with Crippen molar-refractivity contribution in [3.05, 3.63) is 58.1 Å². The number of rotatable bonds is 6. The van der Waals surface area contributed by atoms with Gasteiger partial charge in [-0.1, -0.05) is 40.9 Å². The van der Waals surface area contributed by atoms with E-state index in [-0.39, 0.29) is 18.1 Å². The molecule has 0 amide bonds. The fourth-order valence-corrected chi connectivity index (χ4v) is 3.02. The van der Waals surface area contributed by atoms with Gasteiger partial charge >= 0.3 is 0 Å². The summed E-state index contributed by atoms with van der Waals surface area (Å²) in [6, 6.07) is 11.2. The molecule has 22 heavy (non-hydrogen) atoms. The third-order valence-corrected chi connectivity index (χ3v) is 4.64. The third-order valence-electron chi connectivity index (χ3n) is 2.78. The average molecular weight is 361 g/mol. The Balaban J connectivity index is 1.89. The van der Waals surface area contributed by atoms with Crippen LogP contribution < -0.4 is 4.74 Å². The van der Waals surface area contributed by atoms with Crippen LogP contribution in [0.25, 0.3) is 0 Å². The van der Waals surface area contributed by atoms with Crippen molar-refractivity contribution in [3.63, 3.8) is 0 Å². The summed E-state index contributed by atoms with van der Waals surface area (Å²) >= 11 is 11.7. The fourth-order valence-electron chi connectivity index (χ4n) is 1.66. The zero-order valence-electron chi connectivity index (χ0n) is 11.8. The van der Waals surface area contributed by atoms with Crippen LogP contribution in [0, 0.1) is 6.92 Å². The van der Waals surface area contributed by atoms with Crippen molar-refractivity contribution in [3.8, 4) is 5.75 Å². The maximum Gasteiger partial charge on any atom is 0.297 e. The zero-order valence-corrected chi connectivity index (χ0v) is 14.1. The normalized spacial score (nSPS) is 11.4. The van der Waals surface area contributed by atoms with Gasteiger partial charge in [0.2, 0.25) is 0 Å². The van der Waals surface area contributed by atoms with Crippen LogP contribution in [0.4, 0.5) is 0 Å². The SMILES string of the molecule is Cc1ccc(S(=O)(=O)OCCOc2ccc(Cl)cc2Cl)cc1. The lowest BCUT2D eigenvalue weighted by atomic mass is 10.2. The second-order valence-electron chi connectivity index (χ2n) is 4.51. The smallest absolute Gasteiger partial charge is 0.297 e. The molecule has 0 fully saturated rings. The lowest BCUT2D eigenvalue weighted by Gasteiger charge is -2.09. The van der Waals surface area contributed by atoms with Crippen LogP contribution in [-0.2, 0) is 14.3 Å². The van der Waals surface area contributed by atoms with Crippen LogP contribution in [0.3, 0.4) is 0 Å². The van der Waals surface area contributed by atoms with Crippen LogP contribution in [0.15, 0.2) is 47.4 Å². The van der Waals surface area contributed by atoms with Gasteiger partial charge in [-0.25, -0.2) is 0 Å². The number of benzene rings is 2. The number of ether oxygens (including phenoxy) is 1. The molecular formula is C15H14Cl2O4S. The van der Waals surface area contributed by atoms with E-state index in [1.807, 2.05) is 6.92 Å². The monoisotopic (exact) mass is 360 g/mol. The summed E-state index contributed by atoms with van der Waals surface area (Å²) in [6.45, 7) is 1.81. The largest absolute Gasteiger partial charge is 0.490 e. The lowest BCUT2D eigenvalue weighted by Crippen LogP contribution is -2.13. The van der Waals surface area contributed by atoms with Gasteiger partial charge in [-0.3, -0.25) is 4.18 Å². The molecule has 2 rings (SSSR count). The topological polar surface area (TPSA) is 52.6 Å². The summed E-state index contributed by atoms with van der Waals surface area (Å²) < 4.78 is 34.2. The minimum atomic E-state index is -3.78. The van der Waals surface area contributed by atoms with Crippen molar-refractivity contribution < 1.29 is 17.3 Å². The molecule has 0 N–H and O–H groups in total. The van der Waals surface area contributed by atoms with E-state index in [0.717, 1.165) is 5.56 Å². The Bertz CT molecular complexity index is 743. The van der Waals surface area contributed by atoms with E-state index < -0.39 is 10.1 Å². The first kappa shape index (κ1) is 17.1. The van der Waals surface area contributed by atoms with Crippen LogP contribution in [0.2, 0.25) is 10.0 Å². The lowest BCUT2D eigenvalue weighted by molar-refractivity contribution is 0.221. The minimum Gasteiger partial charge on any atom is -0.490 e. The molecule has 0 saturated carbocycles. The number of halogens is 2. The van der Waals surface area contributed by atoms with Crippen LogP contribution in [0.1, 0.15) is 5.56 Å². The average Bonchev–Trinajstić information content (AvgIpc) is 2.46. The quantitative estimate of drug-likeness (QED) is 0.575. The molecule has 0 radical (unpaired) electrons. The Kier molecular flexibility index (Phi) is 5.69. The van der Waals surface area contributed by atoms with Crippen molar-refractivity contribution in [2.24, 2.45) is 0 Å². The molecular weight excluding hydrogens is 347 g/mol. The number of aryl methyl sites for hydroxylation is 1. The molecule has 0 aliphatic carbocycles. The fraction of sp³-hybridized carbons (Fsp3) is 0.200. The highest BCUT2D eigenvalue weighted by Crippen LogP contribution is 2.27. The van der Waals surface area contributed by atoms with Gasteiger partial charge in [-0.2, -0.15) is 8.42 Å². The van der Waals surface area contributed by atoms with Crippen LogP contribution in [-0.4, -0.2) is 21.6 Å². The Morgan fingerprint density at radius 3 is 2.32 bits per heavy atom.